The highest BCUT2D eigenvalue weighted by Crippen LogP contribution is 2.33. The van der Waals surface area contributed by atoms with Crippen LogP contribution < -0.4 is 4.90 Å². The van der Waals surface area contributed by atoms with E-state index in [1.54, 1.807) is 17.7 Å². The van der Waals surface area contributed by atoms with Gasteiger partial charge in [0.25, 0.3) is 0 Å². The van der Waals surface area contributed by atoms with E-state index in [1.165, 1.54) is 11.1 Å². The Morgan fingerprint density at radius 2 is 2.23 bits per heavy atom. The Bertz CT molecular complexity index is 807. The van der Waals surface area contributed by atoms with Gasteiger partial charge in [-0.05, 0) is 38.1 Å². The van der Waals surface area contributed by atoms with Gasteiger partial charge in [0.2, 0.25) is 0 Å². The molecule has 0 spiro atoms. The van der Waals surface area contributed by atoms with Gasteiger partial charge in [-0.3, -0.25) is 0 Å². The summed E-state index contributed by atoms with van der Waals surface area (Å²) in [6.07, 6.45) is 4.02. The number of aryl methyl sites for hydroxylation is 2. The fraction of sp³-hybridized carbons (Fsp3) is 0.467. The molecule has 0 amide bonds. The number of hydrogen-bond donors (Lipinski definition) is 0. The molecule has 3 aromatic rings. The van der Waals surface area contributed by atoms with Crippen LogP contribution in [0.2, 0.25) is 0 Å². The summed E-state index contributed by atoms with van der Waals surface area (Å²) in [5.41, 5.74) is 1.04. The van der Waals surface area contributed by atoms with Crippen LogP contribution in [0.1, 0.15) is 24.5 Å². The summed E-state index contributed by atoms with van der Waals surface area (Å²) >= 11 is 1.71. The largest absolute Gasteiger partial charge is 0.350 e. The average Bonchev–Trinajstić information content (AvgIpc) is 3.20. The van der Waals surface area contributed by atoms with Crippen LogP contribution in [0.25, 0.3) is 10.2 Å². The van der Waals surface area contributed by atoms with Gasteiger partial charge < -0.3 is 4.90 Å². The molecule has 114 valence electrons. The van der Waals surface area contributed by atoms with E-state index in [9.17, 15) is 0 Å². The van der Waals surface area contributed by atoms with Gasteiger partial charge in [0.1, 0.15) is 23.8 Å². The lowest BCUT2D eigenvalue weighted by atomic mass is 10.2. The smallest absolute Gasteiger partial charge is 0.150 e. The first kappa shape index (κ1) is 13.6. The highest BCUT2D eigenvalue weighted by Gasteiger charge is 2.28. The SMILES string of the molecule is Cc1nc(C)n(C[C@H]2CCCN2c2ncnc3ccsc23)n1. The van der Waals surface area contributed by atoms with Crippen molar-refractivity contribution in [2.24, 2.45) is 0 Å². The molecule has 0 unspecified atom stereocenters. The van der Waals surface area contributed by atoms with Gasteiger partial charge in [0.05, 0.1) is 22.8 Å². The summed E-state index contributed by atoms with van der Waals surface area (Å²) in [6, 6.07) is 2.47. The molecule has 6 nitrogen and oxygen atoms in total. The van der Waals surface area contributed by atoms with Crippen molar-refractivity contribution in [1.29, 1.82) is 0 Å². The molecule has 0 aliphatic carbocycles. The quantitative estimate of drug-likeness (QED) is 0.743. The average molecular weight is 314 g/mol. The zero-order chi connectivity index (χ0) is 15.1. The van der Waals surface area contributed by atoms with Gasteiger partial charge in [-0.1, -0.05) is 0 Å². The molecule has 0 bridgehead atoms. The number of thiophene rings is 1. The predicted molar refractivity (Wildman–Crippen MR) is 87.3 cm³/mol. The second-order valence-electron chi connectivity index (χ2n) is 5.71. The van der Waals surface area contributed by atoms with E-state index in [4.69, 9.17) is 0 Å². The number of nitrogens with zero attached hydrogens (tertiary/aromatic N) is 6. The van der Waals surface area contributed by atoms with Crippen LogP contribution >= 0.6 is 11.3 Å². The van der Waals surface area contributed by atoms with Gasteiger partial charge in [0, 0.05) is 6.54 Å². The van der Waals surface area contributed by atoms with Gasteiger partial charge in [-0.25, -0.2) is 19.6 Å². The molecule has 4 heterocycles. The second kappa shape index (κ2) is 5.31. The zero-order valence-corrected chi connectivity index (χ0v) is 13.5. The zero-order valence-electron chi connectivity index (χ0n) is 12.7. The minimum atomic E-state index is 0.417. The van der Waals surface area contributed by atoms with Crippen LogP contribution in [0.4, 0.5) is 5.82 Å². The summed E-state index contributed by atoms with van der Waals surface area (Å²) < 4.78 is 3.20. The molecule has 4 rings (SSSR count). The van der Waals surface area contributed by atoms with Crippen LogP contribution in [-0.4, -0.2) is 37.3 Å². The van der Waals surface area contributed by atoms with Crippen molar-refractivity contribution in [3.63, 3.8) is 0 Å². The fourth-order valence-electron chi connectivity index (χ4n) is 3.22. The van der Waals surface area contributed by atoms with Crippen molar-refractivity contribution in [3.05, 3.63) is 29.4 Å². The number of hydrogen-bond acceptors (Lipinski definition) is 6. The third-order valence-corrected chi connectivity index (χ3v) is 5.12. The van der Waals surface area contributed by atoms with Gasteiger partial charge >= 0.3 is 0 Å². The van der Waals surface area contributed by atoms with Crippen LogP contribution in [0, 0.1) is 13.8 Å². The normalized spacial score (nSPS) is 18.5. The molecule has 0 saturated carbocycles. The third kappa shape index (κ3) is 2.25. The molecule has 1 fully saturated rings. The van der Waals surface area contributed by atoms with Crippen LogP contribution in [-0.2, 0) is 6.54 Å². The Balaban J connectivity index is 1.66. The summed E-state index contributed by atoms with van der Waals surface area (Å²) in [6.45, 7) is 5.86. The molecule has 1 atom stereocenters. The Kier molecular flexibility index (Phi) is 3.29. The molecular weight excluding hydrogens is 296 g/mol. The monoisotopic (exact) mass is 314 g/mol. The fourth-order valence-corrected chi connectivity index (χ4v) is 4.07. The van der Waals surface area contributed by atoms with Gasteiger partial charge in [-0.15, -0.1) is 11.3 Å². The Hall–Kier alpha value is -2.02. The minimum absolute atomic E-state index is 0.417. The lowest BCUT2D eigenvalue weighted by molar-refractivity contribution is 0.496. The maximum Gasteiger partial charge on any atom is 0.150 e. The molecule has 1 saturated heterocycles. The van der Waals surface area contributed by atoms with Crippen molar-refractivity contribution >= 4 is 27.4 Å². The van der Waals surface area contributed by atoms with E-state index >= 15 is 0 Å². The van der Waals surface area contributed by atoms with Crippen molar-refractivity contribution in [3.8, 4) is 0 Å². The molecule has 3 aromatic heterocycles. The van der Waals surface area contributed by atoms with E-state index in [-0.39, 0.29) is 0 Å². The summed E-state index contributed by atoms with van der Waals surface area (Å²) in [5.74, 6) is 2.88. The number of fused-ring (bicyclic) bond motifs is 1. The van der Waals surface area contributed by atoms with Crippen molar-refractivity contribution < 1.29 is 0 Å². The first-order valence-electron chi connectivity index (χ1n) is 7.55. The summed E-state index contributed by atoms with van der Waals surface area (Å²) in [5, 5.41) is 6.59. The van der Waals surface area contributed by atoms with Crippen molar-refractivity contribution in [2.45, 2.75) is 39.3 Å². The second-order valence-corrected chi connectivity index (χ2v) is 6.63. The molecule has 1 aliphatic heterocycles. The molecule has 22 heavy (non-hydrogen) atoms. The van der Waals surface area contributed by atoms with Crippen LogP contribution in [0.5, 0.6) is 0 Å². The maximum atomic E-state index is 4.56. The Morgan fingerprint density at radius 1 is 1.32 bits per heavy atom. The van der Waals surface area contributed by atoms with E-state index in [2.05, 4.69) is 36.4 Å². The Morgan fingerprint density at radius 3 is 3.05 bits per heavy atom. The van der Waals surface area contributed by atoms with E-state index in [1.807, 2.05) is 18.5 Å². The van der Waals surface area contributed by atoms with E-state index < -0.39 is 0 Å². The number of aromatic nitrogens is 5. The molecule has 0 aromatic carbocycles. The van der Waals surface area contributed by atoms with Gasteiger partial charge in [0.15, 0.2) is 0 Å². The highest BCUT2D eigenvalue weighted by molar-refractivity contribution is 7.17. The maximum absolute atomic E-state index is 4.56. The van der Waals surface area contributed by atoms with Crippen LogP contribution in [0.3, 0.4) is 0 Å². The summed E-state index contributed by atoms with van der Waals surface area (Å²) in [4.78, 5) is 15.7. The third-order valence-electron chi connectivity index (χ3n) is 4.22. The predicted octanol–water partition coefficient (Wildman–Crippen LogP) is 2.57. The first-order valence-corrected chi connectivity index (χ1v) is 8.43. The molecule has 0 N–H and O–H groups in total. The number of anilines is 1. The lowest BCUT2D eigenvalue weighted by Gasteiger charge is -2.26. The van der Waals surface area contributed by atoms with Crippen LogP contribution in [0.15, 0.2) is 17.8 Å². The lowest BCUT2D eigenvalue weighted by Crippen LogP contribution is -2.34. The topological polar surface area (TPSA) is 59.7 Å². The molecule has 1 aliphatic rings. The highest BCUT2D eigenvalue weighted by atomic mass is 32.1. The van der Waals surface area contributed by atoms with E-state index in [0.717, 1.165) is 42.5 Å². The van der Waals surface area contributed by atoms with Gasteiger partial charge in [-0.2, -0.15) is 5.10 Å². The Labute approximate surface area is 132 Å². The van der Waals surface area contributed by atoms with Crippen molar-refractivity contribution in [2.75, 3.05) is 11.4 Å². The standard InChI is InChI=1S/C15H18N6S/c1-10-18-11(2)21(19-10)8-12-4-3-6-20(12)15-14-13(5-7-22-14)16-9-17-15/h5,7,9,12H,3-4,6,8H2,1-2H3/t12-/m1/s1. The molecule has 0 radical (unpaired) electrons. The summed E-state index contributed by atoms with van der Waals surface area (Å²) in [7, 11) is 0. The number of rotatable bonds is 3. The first-order chi connectivity index (χ1) is 10.7. The molecule has 7 heteroatoms. The minimum Gasteiger partial charge on any atom is -0.350 e. The van der Waals surface area contributed by atoms with Crippen molar-refractivity contribution in [1.82, 2.24) is 24.7 Å². The van der Waals surface area contributed by atoms with E-state index in [0.29, 0.717) is 6.04 Å². The molecular formula is C15H18N6S.